The number of carboxylic acids is 1. The highest BCUT2D eigenvalue weighted by atomic mass is 32.2. The van der Waals surface area contributed by atoms with E-state index in [2.05, 4.69) is 10.3 Å². The second-order valence-corrected chi connectivity index (χ2v) is 5.37. The van der Waals surface area contributed by atoms with Gasteiger partial charge in [-0.25, -0.2) is 13.6 Å². The molecule has 0 saturated heterocycles. The summed E-state index contributed by atoms with van der Waals surface area (Å²) >= 11 is 0. The first kappa shape index (κ1) is 14.3. The van der Waals surface area contributed by atoms with Crippen molar-refractivity contribution in [2.45, 2.75) is 11.4 Å². The van der Waals surface area contributed by atoms with Crippen LogP contribution in [0.25, 0.3) is 0 Å². The molecule has 1 heterocycles. The lowest BCUT2D eigenvalue weighted by Crippen LogP contribution is -2.09. The number of nitrogens with zero attached hydrogens (tertiary/aromatic N) is 3. The van der Waals surface area contributed by atoms with Crippen molar-refractivity contribution in [3.05, 3.63) is 41.7 Å². The molecule has 0 aliphatic carbocycles. The number of aromatic nitrogens is 3. The van der Waals surface area contributed by atoms with Gasteiger partial charge in [-0.2, -0.15) is 0 Å². The van der Waals surface area contributed by atoms with Gasteiger partial charge in [0.1, 0.15) is 0 Å². The van der Waals surface area contributed by atoms with Crippen molar-refractivity contribution in [2.24, 2.45) is 0 Å². The summed E-state index contributed by atoms with van der Waals surface area (Å²) in [6, 6.07) is 3.01. The molecule has 1 aromatic heterocycles. The third kappa shape index (κ3) is 3.23. The Labute approximate surface area is 114 Å². The van der Waals surface area contributed by atoms with E-state index in [4.69, 9.17) is 5.11 Å². The second-order valence-electron chi connectivity index (χ2n) is 3.80. The molecule has 2 aromatic rings. The lowest BCUT2D eigenvalue weighted by Gasteiger charge is -2.03. The van der Waals surface area contributed by atoms with Crippen LogP contribution in [-0.2, 0) is 17.3 Å². The van der Waals surface area contributed by atoms with Gasteiger partial charge in [-0.1, -0.05) is 5.21 Å². The summed E-state index contributed by atoms with van der Waals surface area (Å²) in [6.45, 7) is 0.145. The number of aromatic carboxylic acids is 1. The Morgan fingerprint density at radius 1 is 1.35 bits per heavy atom. The Hall–Kier alpha value is -2.16. The molecule has 2 rings (SSSR count). The molecule has 0 aliphatic heterocycles. The normalized spacial score (nSPS) is 12.3. The topological polar surface area (TPSA) is 85.1 Å². The zero-order valence-corrected chi connectivity index (χ0v) is 10.8. The van der Waals surface area contributed by atoms with Crippen molar-refractivity contribution in [1.82, 2.24) is 15.0 Å². The van der Waals surface area contributed by atoms with Gasteiger partial charge >= 0.3 is 5.97 Å². The molecule has 0 fully saturated rings. The van der Waals surface area contributed by atoms with Gasteiger partial charge in [0.05, 0.1) is 23.5 Å². The first-order valence-electron chi connectivity index (χ1n) is 5.44. The third-order valence-corrected chi connectivity index (χ3v) is 3.75. The third-order valence-electron chi connectivity index (χ3n) is 2.42. The van der Waals surface area contributed by atoms with Crippen LogP contribution >= 0.6 is 0 Å². The number of aryl methyl sites for hydroxylation is 1. The van der Waals surface area contributed by atoms with Crippen LogP contribution in [0.5, 0.6) is 0 Å². The van der Waals surface area contributed by atoms with E-state index < -0.39 is 28.4 Å². The van der Waals surface area contributed by atoms with Gasteiger partial charge in [-0.3, -0.25) is 8.89 Å². The number of rotatable bonds is 5. The van der Waals surface area contributed by atoms with E-state index in [0.29, 0.717) is 0 Å². The van der Waals surface area contributed by atoms with Crippen LogP contribution in [0.4, 0.5) is 8.78 Å². The largest absolute Gasteiger partial charge is 0.476 e. The smallest absolute Gasteiger partial charge is 0.358 e. The molecule has 1 aromatic carbocycles. The Morgan fingerprint density at radius 2 is 2.10 bits per heavy atom. The minimum atomic E-state index is -1.55. The lowest BCUT2D eigenvalue weighted by atomic mass is 10.3. The fraction of sp³-hybridized carbons (Fsp3) is 0.182. The van der Waals surface area contributed by atoms with Gasteiger partial charge in [-0.05, 0) is 18.2 Å². The number of hydrogen-bond acceptors (Lipinski definition) is 4. The van der Waals surface area contributed by atoms with Crippen molar-refractivity contribution in [2.75, 3.05) is 5.75 Å². The van der Waals surface area contributed by atoms with Crippen LogP contribution < -0.4 is 0 Å². The Bertz CT molecular complexity index is 675. The number of carboxylic acid groups (broad SMARTS) is 1. The summed E-state index contributed by atoms with van der Waals surface area (Å²) in [5.41, 5.74) is -0.219. The monoisotopic (exact) mass is 301 g/mol. The van der Waals surface area contributed by atoms with Crippen LogP contribution in [0, 0.1) is 11.6 Å². The summed E-state index contributed by atoms with van der Waals surface area (Å²) in [5, 5.41) is 15.6. The predicted molar refractivity (Wildman–Crippen MR) is 64.6 cm³/mol. The molecule has 6 nitrogen and oxygen atoms in total. The van der Waals surface area contributed by atoms with Crippen molar-refractivity contribution >= 4 is 16.8 Å². The van der Waals surface area contributed by atoms with E-state index in [1.165, 1.54) is 16.9 Å². The van der Waals surface area contributed by atoms with E-state index in [0.717, 1.165) is 12.1 Å². The average molecular weight is 301 g/mol. The molecule has 1 N–H and O–H groups in total. The average Bonchev–Trinajstić information content (AvgIpc) is 2.88. The minimum Gasteiger partial charge on any atom is -0.476 e. The van der Waals surface area contributed by atoms with E-state index in [-0.39, 0.29) is 22.9 Å². The molecule has 0 aliphatic rings. The number of halogens is 2. The maximum atomic E-state index is 13.0. The maximum Gasteiger partial charge on any atom is 0.358 e. The van der Waals surface area contributed by atoms with Gasteiger partial charge < -0.3 is 5.11 Å². The summed E-state index contributed by atoms with van der Waals surface area (Å²) in [6.07, 6.45) is 1.20. The van der Waals surface area contributed by atoms with Crippen LogP contribution in [0.1, 0.15) is 10.5 Å². The highest BCUT2D eigenvalue weighted by Crippen LogP contribution is 2.12. The molecule has 20 heavy (non-hydrogen) atoms. The highest BCUT2D eigenvalue weighted by Gasteiger charge is 2.11. The van der Waals surface area contributed by atoms with E-state index in [1.54, 1.807) is 0 Å². The minimum absolute atomic E-state index is 0.0769. The molecule has 0 bridgehead atoms. The second kappa shape index (κ2) is 5.87. The number of carbonyl (C=O) groups is 1. The summed E-state index contributed by atoms with van der Waals surface area (Å²) in [7, 11) is -1.55. The van der Waals surface area contributed by atoms with E-state index >= 15 is 0 Å². The lowest BCUT2D eigenvalue weighted by molar-refractivity contribution is 0.0690. The first-order chi connectivity index (χ1) is 9.47. The Kier molecular flexibility index (Phi) is 4.18. The van der Waals surface area contributed by atoms with Gasteiger partial charge in [0, 0.05) is 10.6 Å². The maximum absolute atomic E-state index is 13.0. The van der Waals surface area contributed by atoms with Crippen molar-refractivity contribution < 1.29 is 22.9 Å². The van der Waals surface area contributed by atoms with Crippen molar-refractivity contribution in [3.63, 3.8) is 0 Å². The number of hydrogen-bond donors (Lipinski definition) is 1. The molecular weight excluding hydrogens is 292 g/mol. The SMILES string of the molecule is O=C(O)c1cn(CCS(=O)c2ccc(F)c(F)c2)nn1. The van der Waals surface area contributed by atoms with Gasteiger partial charge in [0.15, 0.2) is 17.3 Å². The van der Waals surface area contributed by atoms with Crippen LogP contribution in [0.2, 0.25) is 0 Å². The molecule has 0 spiro atoms. The highest BCUT2D eigenvalue weighted by molar-refractivity contribution is 7.85. The van der Waals surface area contributed by atoms with Crippen LogP contribution in [0.15, 0.2) is 29.3 Å². The Morgan fingerprint density at radius 3 is 2.70 bits per heavy atom. The molecule has 0 saturated carbocycles. The van der Waals surface area contributed by atoms with Crippen molar-refractivity contribution in [3.8, 4) is 0 Å². The van der Waals surface area contributed by atoms with E-state index in [9.17, 15) is 17.8 Å². The fourth-order valence-electron chi connectivity index (χ4n) is 1.42. The predicted octanol–water partition coefficient (Wildman–Crippen LogP) is 1.06. The fourth-order valence-corrected chi connectivity index (χ4v) is 2.46. The van der Waals surface area contributed by atoms with Crippen molar-refractivity contribution in [1.29, 1.82) is 0 Å². The molecule has 0 radical (unpaired) electrons. The molecular formula is C11H9F2N3O3S. The molecule has 1 atom stereocenters. The summed E-state index contributed by atoms with van der Waals surface area (Å²) in [4.78, 5) is 10.7. The van der Waals surface area contributed by atoms with Gasteiger partial charge in [-0.15, -0.1) is 5.10 Å². The zero-order valence-electron chi connectivity index (χ0n) is 9.99. The number of benzene rings is 1. The molecule has 1 unspecified atom stereocenters. The molecule has 0 amide bonds. The summed E-state index contributed by atoms with van der Waals surface area (Å²) < 4.78 is 38.8. The Balaban J connectivity index is 2.00. The zero-order chi connectivity index (χ0) is 14.7. The standard InChI is InChI=1S/C11H9F2N3O3S/c12-8-2-1-7(5-9(8)13)20(19)4-3-16-6-10(11(17)18)14-15-16/h1-2,5-6H,3-4H2,(H,17,18). The van der Waals surface area contributed by atoms with Crippen LogP contribution in [0.3, 0.4) is 0 Å². The van der Waals surface area contributed by atoms with Gasteiger partial charge in [0.25, 0.3) is 0 Å². The van der Waals surface area contributed by atoms with Crippen LogP contribution in [-0.4, -0.2) is 36.0 Å². The summed E-state index contributed by atoms with van der Waals surface area (Å²) in [5.74, 6) is -3.20. The quantitative estimate of drug-likeness (QED) is 0.892. The molecule has 9 heteroatoms. The van der Waals surface area contributed by atoms with E-state index in [1.807, 2.05) is 0 Å². The molecule has 106 valence electrons. The van der Waals surface area contributed by atoms with Gasteiger partial charge in [0.2, 0.25) is 0 Å². The first-order valence-corrected chi connectivity index (χ1v) is 6.76.